The van der Waals surface area contributed by atoms with E-state index in [1.54, 1.807) is 18.2 Å². The molecule has 0 fully saturated rings. The zero-order chi connectivity index (χ0) is 17.9. The Morgan fingerprint density at radius 1 is 1.17 bits per heavy atom. The quantitative estimate of drug-likeness (QED) is 0.838. The summed E-state index contributed by atoms with van der Waals surface area (Å²) in [7, 11) is 2.99. The van der Waals surface area contributed by atoms with Gasteiger partial charge in [-0.05, 0) is 26.0 Å². The monoisotopic (exact) mass is 333 g/mol. The number of ether oxygens (including phenoxy) is 2. The average Bonchev–Trinajstić information content (AvgIpc) is 3.03. The van der Waals surface area contributed by atoms with Gasteiger partial charge in [-0.2, -0.15) is 5.10 Å². The highest BCUT2D eigenvalue weighted by Crippen LogP contribution is 2.23. The van der Waals surface area contributed by atoms with Crippen LogP contribution in [0.5, 0.6) is 11.5 Å². The molecule has 2 rings (SSSR count). The lowest BCUT2D eigenvalue weighted by Gasteiger charge is -2.19. The van der Waals surface area contributed by atoms with E-state index in [2.05, 4.69) is 10.4 Å². The van der Waals surface area contributed by atoms with Crippen LogP contribution in [0.4, 0.5) is 5.69 Å². The van der Waals surface area contributed by atoms with Crippen molar-refractivity contribution in [3.8, 4) is 11.5 Å². The van der Waals surface area contributed by atoms with Gasteiger partial charge in [0.2, 0.25) is 0 Å². The van der Waals surface area contributed by atoms with Crippen molar-refractivity contribution in [3.05, 3.63) is 36.2 Å². The number of carboxylic acid groups (broad SMARTS) is 1. The summed E-state index contributed by atoms with van der Waals surface area (Å²) in [6.45, 7) is 3.03. The number of carbonyl (C=O) groups is 2. The number of carbonyl (C=O) groups excluding carboxylic acids is 1. The molecule has 1 aromatic heterocycles. The largest absolute Gasteiger partial charge is 0.497 e. The van der Waals surface area contributed by atoms with Gasteiger partial charge in [0.05, 0.1) is 26.1 Å². The molecule has 0 spiro atoms. The van der Waals surface area contributed by atoms with Gasteiger partial charge in [-0.1, -0.05) is 0 Å². The number of methoxy groups -OCH3 is 2. The Morgan fingerprint density at radius 2 is 1.75 bits per heavy atom. The fourth-order valence-electron chi connectivity index (χ4n) is 1.93. The van der Waals surface area contributed by atoms with E-state index in [4.69, 9.17) is 9.47 Å². The molecule has 0 aliphatic heterocycles. The second-order valence-electron chi connectivity index (χ2n) is 5.59. The third-order valence-electron chi connectivity index (χ3n) is 3.55. The van der Waals surface area contributed by atoms with Crippen LogP contribution in [0, 0.1) is 0 Å². The maximum absolute atomic E-state index is 12.4. The number of hydrogen-bond acceptors (Lipinski definition) is 5. The number of rotatable bonds is 6. The van der Waals surface area contributed by atoms with Gasteiger partial charge in [-0.3, -0.25) is 9.48 Å². The first-order valence-electron chi connectivity index (χ1n) is 7.11. The summed E-state index contributed by atoms with van der Waals surface area (Å²) in [6, 6.07) is 4.80. The SMILES string of the molecule is COc1cc(OC)cc(C(=O)Nc2cnn(C(C)(C)C(=O)O)c2)c1. The fourth-order valence-corrected chi connectivity index (χ4v) is 1.93. The molecule has 0 saturated heterocycles. The molecule has 24 heavy (non-hydrogen) atoms. The molecule has 1 aromatic carbocycles. The summed E-state index contributed by atoms with van der Waals surface area (Å²) < 4.78 is 11.5. The molecule has 128 valence electrons. The third kappa shape index (κ3) is 3.48. The van der Waals surface area contributed by atoms with Crippen molar-refractivity contribution in [1.82, 2.24) is 9.78 Å². The number of aliphatic carboxylic acids is 1. The van der Waals surface area contributed by atoms with Gasteiger partial charge >= 0.3 is 5.97 Å². The predicted molar refractivity (Wildman–Crippen MR) is 86.7 cm³/mol. The number of anilines is 1. The van der Waals surface area contributed by atoms with Crippen LogP contribution >= 0.6 is 0 Å². The second kappa shape index (κ2) is 6.61. The van der Waals surface area contributed by atoms with Crippen molar-refractivity contribution in [2.45, 2.75) is 19.4 Å². The third-order valence-corrected chi connectivity index (χ3v) is 3.55. The van der Waals surface area contributed by atoms with E-state index in [0.29, 0.717) is 22.7 Å². The van der Waals surface area contributed by atoms with Crippen molar-refractivity contribution in [1.29, 1.82) is 0 Å². The van der Waals surface area contributed by atoms with Crippen molar-refractivity contribution in [2.24, 2.45) is 0 Å². The van der Waals surface area contributed by atoms with Crippen LogP contribution in [0.3, 0.4) is 0 Å². The molecule has 0 unspecified atom stereocenters. The van der Waals surface area contributed by atoms with Crippen LogP contribution in [0.2, 0.25) is 0 Å². The van der Waals surface area contributed by atoms with Gasteiger partial charge in [0.15, 0.2) is 5.54 Å². The molecule has 1 heterocycles. The summed E-state index contributed by atoms with van der Waals surface area (Å²) in [4.78, 5) is 23.6. The maximum Gasteiger partial charge on any atom is 0.331 e. The van der Waals surface area contributed by atoms with Gasteiger partial charge in [0.1, 0.15) is 11.5 Å². The van der Waals surface area contributed by atoms with E-state index >= 15 is 0 Å². The summed E-state index contributed by atoms with van der Waals surface area (Å²) in [5, 5.41) is 15.9. The molecule has 0 atom stereocenters. The second-order valence-corrected chi connectivity index (χ2v) is 5.59. The Balaban J connectivity index is 2.22. The van der Waals surface area contributed by atoms with Crippen molar-refractivity contribution in [2.75, 3.05) is 19.5 Å². The summed E-state index contributed by atoms with van der Waals surface area (Å²) >= 11 is 0. The van der Waals surface area contributed by atoms with Gasteiger partial charge < -0.3 is 19.9 Å². The molecule has 0 bridgehead atoms. The van der Waals surface area contributed by atoms with Crippen molar-refractivity contribution in [3.63, 3.8) is 0 Å². The number of nitrogens with zero attached hydrogens (tertiary/aromatic N) is 2. The summed E-state index contributed by atoms with van der Waals surface area (Å²) in [5.41, 5.74) is -0.491. The number of carboxylic acids is 1. The molecule has 0 aliphatic carbocycles. The van der Waals surface area contributed by atoms with E-state index in [9.17, 15) is 14.7 Å². The Hall–Kier alpha value is -3.03. The first kappa shape index (κ1) is 17.3. The summed E-state index contributed by atoms with van der Waals surface area (Å²) in [6.07, 6.45) is 2.85. The fraction of sp³-hybridized carbons (Fsp3) is 0.312. The molecule has 0 radical (unpaired) electrons. The van der Waals surface area contributed by atoms with Crippen LogP contribution in [0.25, 0.3) is 0 Å². The van der Waals surface area contributed by atoms with Crippen LogP contribution in [-0.4, -0.2) is 41.0 Å². The Labute approximate surface area is 139 Å². The number of amides is 1. The Morgan fingerprint density at radius 3 is 2.25 bits per heavy atom. The van der Waals surface area contributed by atoms with Crippen molar-refractivity contribution < 1.29 is 24.2 Å². The molecule has 0 saturated carbocycles. The summed E-state index contributed by atoms with van der Waals surface area (Å²) in [5.74, 6) is -0.440. The molecule has 1 amide bonds. The van der Waals surface area contributed by atoms with Gasteiger partial charge in [-0.15, -0.1) is 0 Å². The Bertz CT molecular complexity index is 745. The minimum Gasteiger partial charge on any atom is -0.497 e. The minimum atomic E-state index is -1.22. The van der Waals surface area contributed by atoms with Crippen LogP contribution in [0.1, 0.15) is 24.2 Å². The number of nitrogens with one attached hydrogen (secondary N) is 1. The molecular weight excluding hydrogens is 314 g/mol. The smallest absolute Gasteiger partial charge is 0.331 e. The van der Waals surface area contributed by atoms with Crippen LogP contribution in [-0.2, 0) is 10.3 Å². The molecule has 0 aliphatic rings. The standard InChI is InChI=1S/C16H19N3O5/c1-16(2,15(21)22)19-9-11(8-17-19)18-14(20)10-5-12(23-3)7-13(6-10)24-4/h5-9H,1-4H3,(H,18,20)(H,21,22). The molecule has 2 aromatic rings. The zero-order valence-corrected chi connectivity index (χ0v) is 13.9. The van der Waals surface area contributed by atoms with Crippen LogP contribution in [0.15, 0.2) is 30.6 Å². The van der Waals surface area contributed by atoms with Crippen LogP contribution < -0.4 is 14.8 Å². The number of benzene rings is 1. The average molecular weight is 333 g/mol. The van der Waals surface area contributed by atoms with E-state index in [1.807, 2.05) is 0 Å². The number of aromatic nitrogens is 2. The van der Waals surface area contributed by atoms with Crippen molar-refractivity contribution >= 4 is 17.6 Å². The van der Waals surface area contributed by atoms with E-state index in [1.165, 1.54) is 45.1 Å². The van der Waals surface area contributed by atoms with Gasteiger partial charge in [-0.25, -0.2) is 4.79 Å². The highest BCUT2D eigenvalue weighted by Gasteiger charge is 2.30. The van der Waals surface area contributed by atoms with E-state index in [-0.39, 0.29) is 5.91 Å². The molecule has 8 nitrogen and oxygen atoms in total. The lowest BCUT2D eigenvalue weighted by molar-refractivity contribution is -0.146. The normalized spacial score (nSPS) is 11.0. The first-order valence-corrected chi connectivity index (χ1v) is 7.11. The molecule has 2 N–H and O–H groups in total. The predicted octanol–water partition coefficient (Wildman–Crippen LogP) is 1.97. The van der Waals surface area contributed by atoms with Gasteiger partial charge in [0, 0.05) is 17.8 Å². The maximum atomic E-state index is 12.4. The topological polar surface area (TPSA) is 103 Å². The zero-order valence-electron chi connectivity index (χ0n) is 13.9. The molecule has 8 heteroatoms. The van der Waals surface area contributed by atoms with Gasteiger partial charge in [0.25, 0.3) is 5.91 Å². The molecular formula is C16H19N3O5. The minimum absolute atomic E-state index is 0.344. The highest BCUT2D eigenvalue weighted by molar-refractivity contribution is 6.04. The Kier molecular flexibility index (Phi) is 4.77. The lowest BCUT2D eigenvalue weighted by Crippen LogP contribution is -2.35. The lowest BCUT2D eigenvalue weighted by atomic mass is 10.1. The first-order chi connectivity index (χ1) is 11.3. The number of hydrogen-bond donors (Lipinski definition) is 2. The van der Waals surface area contributed by atoms with E-state index in [0.717, 1.165) is 0 Å². The highest BCUT2D eigenvalue weighted by atomic mass is 16.5. The van der Waals surface area contributed by atoms with E-state index < -0.39 is 11.5 Å².